The Hall–Kier alpha value is -8.59. The normalized spacial score (nSPS) is 13.8. The number of rotatable bonds is 5. The third-order valence-corrected chi connectivity index (χ3v) is 14.2. The summed E-state index contributed by atoms with van der Waals surface area (Å²) >= 11 is 0. The zero-order valence-electron chi connectivity index (χ0n) is 36.3. The summed E-state index contributed by atoms with van der Waals surface area (Å²) in [6.07, 6.45) is 3.72. The second-order valence-corrected chi connectivity index (χ2v) is 18.1. The minimum absolute atomic E-state index is 0.177. The molecule has 0 unspecified atom stereocenters. The van der Waals surface area contributed by atoms with Gasteiger partial charge in [-0.25, -0.2) is 15.0 Å². The first-order valence-electron chi connectivity index (χ1n) is 22.4. The lowest BCUT2D eigenvalue weighted by Gasteiger charge is -2.30. The predicted octanol–water partition coefficient (Wildman–Crippen LogP) is 14.1. The maximum absolute atomic E-state index is 10.2. The Labute approximate surface area is 383 Å². The van der Waals surface area contributed by atoms with E-state index >= 15 is 0 Å². The van der Waals surface area contributed by atoms with E-state index in [1.165, 1.54) is 55.6 Å². The van der Waals surface area contributed by atoms with Crippen LogP contribution in [0.5, 0.6) is 0 Å². The molecule has 0 N–H and O–H groups in total. The van der Waals surface area contributed by atoms with Crippen LogP contribution >= 0.6 is 0 Å². The highest BCUT2D eigenvalue weighted by Gasteiger charge is 2.51. The summed E-state index contributed by atoms with van der Waals surface area (Å²) < 4.78 is 0. The highest BCUT2D eigenvalue weighted by atomic mass is 15.0. The molecule has 308 valence electrons. The lowest BCUT2D eigenvalue weighted by atomic mass is 9.70. The number of aromatic nitrogens is 4. The van der Waals surface area contributed by atoms with Gasteiger partial charge in [0.05, 0.1) is 17.0 Å². The second kappa shape index (κ2) is 14.2. The molecule has 13 rings (SSSR count). The van der Waals surface area contributed by atoms with Gasteiger partial charge in [0, 0.05) is 40.1 Å². The summed E-state index contributed by atoms with van der Waals surface area (Å²) in [4.78, 5) is 20.3. The average molecular weight is 842 g/mol. The molecule has 10 aromatic rings. The van der Waals surface area contributed by atoms with E-state index < -0.39 is 5.41 Å². The third-order valence-electron chi connectivity index (χ3n) is 14.2. The summed E-state index contributed by atoms with van der Waals surface area (Å²) in [5.74, 6) is 1.82. The van der Waals surface area contributed by atoms with Crippen LogP contribution in [0.15, 0.2) is 200 Å². The van der Waals surface area contributed by atoms with Gasteiger partial charge in [-0.3, -0.25) is 4.98 Å². The molecule has 8 aromatic carbocycles. The van der Waals surface area contributed by atoms with E-state index in [0.717, 1.165) is 50.1 Å². The Balaban J connectivity index is 1.03. The van der Waals surface area contributed by atoms with Crippen molar-refractivity contribution in [1.29, 1.82) is 5.26 Å². The highest BCUT2D eigenvalue weighted by molar-refractivity contribution is 5.96. The van der Waals surface area contributed by atoms with Crippen molar-refractivity contribution < 1.29 is 0 Å². The molecule has 1 spiro atoms. The van der Waals surface area contributed by atoms with Crippen LogP contribution in [0.4, 0.5) is 0 Å². The average Bonchev–Trinajstić information content (AvgIpc) is 3.94. The van der Waals surface area contributed by atoms with Gasteiger partial charge in [0.25, 0.3) is 0 Å². The lowest BCUT2D eigenvalue weighted by Crippen LogP contribution is -2.26. The lowest BCUT2D eigenvalue weighted by molar-refractivity contribution is 0.660. The van der Waals surface area contributed by atoms with Crippen LogP contribution in [-0.4, -0.2) is 19.9 Å². The molecule has 0 radical (unpaired) electrons. The van der Waals surface area contributed by atoms with Gasteiger partial charge in [0.15, 0.2) is 17.5 Å². The van der Waals surface area contributed by atoms with E-state index in [1.54, 1.807) is 0 Å². The largest absolute Gasteiger partial charge is 0.264 e. The quantitative estimate of drug-likeness (QED) is 0.173. The third kappa shape index (κ3) is 5.46. The molecule has 2 aromatic heterocycles. The number of nitriles is 1. The van der Waals surface area contributed by atoms with Crippen molar-refractivity contribution in [1.82, 2.24) is 19.9 Å². The van der Waals surface area contributed by atoms with E-state index in [-0.39, 0.29) is 5.41 Å². The highest BCUT2D eigenvalue weighted by Crippen LogP contribution is 2.63. The van der Waals surface area contributed by atoms with Gasteiger partial charge in [0.2, 0.25) is 0 Å². The van der Waals surface area contributed by atoms with Crippen LogP contribution in [-0.2, 0) is 10.8 Å². The van der Waals surface area contributed by atoms with Gasteiger partial charge < -0.3 is 0 Å². The Morgan fingerprint density at radius 2 is 0.848 bits per heavy atom. The Morgan fingerprint density at radius 1 is 0.364 bits per heavy atom. The van der Waals surface area contributed by atoms with Crippen molar-refractivity contribution in [2.45, 2.75) is 24.7 Å². The van der Waals surface area contributed by atoms with Crippen molar-refractivity contribution in [3.8, 4) is 95.9 Å². The zero-order valence-corrected chi connectivity index (χ0v) is 36.3. The summed E-state index contributed by atoms with van der Waals surface area (Å²) in [5, 5.41) is 10.2. The van der Waals surface area contributed by atoms with Gasteiger partial charge in [-0.2, -0.15) is 5.26 Å². The van der Waals surface area contributed by atoms with Crippen LogP contribution in [0.25, 0.3) is 89.8 Å². The fourth-order valence-electron chi connectivity index (χ4n) is 11.2. The molecule has 0 fully saturated rings. The van der Waals surface area contributed by atoms with Gasteiger partial charge in [-0.1, -0.05) is 153 Å². The molecule has 3 aliphatic carbocycles. The van der Waals surface area contributed by atoms with Crippen molar-refractivity contribution in [2.24, 2.45) is 0 Å². The van der Waals surface area contributed by atoms with Crippen LogP contribution in [0, 0.1) is 11.3 Å². The fourth-order valence-corrected chi connectivity index (χ4v) is 11.2. The number of benzene rings is 8. The maximum Gasteiger partial charge on any atom is 0.164 e. The smallest absolute Gasteiger partial charge is 0.164 e. The van der Waals surface area contributed by atoms with Crippen molar-refractivity contribution in [3.63, 3.8) is 0 Å². The van der Waals surface area contributed by atoms with Crippen LogP contribution in [0.2, 0.25) is 0 Å². The predicted molar refractivity (Wildman–Crippen MR) is 263 cm³/mol. The van der Waals surface area contributed by atoms with Gasteiger partial charge >= 0.3 is 0 Å². The molecule has 5 nitrogen and oxygen atoms in total. The zero-order chi connectivity index (χ0) is 44.1. The number of nitrogens with zero attached hydrogens (tertiary/aromatic N) is 5. The molecular weight excluding hydrogens is 803 g/mol. The van der Waals surface area contributed by atoms with Crippen molar-refractivity contribution in [3.05, 3.63) is 239 Å². The maximum atomic E-state index is 10.2. The molecule has 0 saturated heterocycles. The van der Waals surface area contributed by atoms with Crippen LogP contribution in [0.3, 0.4) is 0 Å². The molecule has 66 heavy (non-hydrogen) atoms. The molecule has 2 heterocycles. The van der Waals surface area contributed by atoms with Gasteiger partial charge in [-0.15, -0.1) is 0 Å². The van der Waals surface area contributed by atoms with E-state index in [9.17, 15) is 5.26 Å². The Bertz CT molecular complexity index is 3650. The molecule has 5 heteroatoms. The Kier molecular flexibility index (Phi) is 8.16. The van der Waals surface area contributed by atoms with Gasteiger partial charge in [0.1, 0.15) is 0 Å². The number of fused-ring (bicyclic) bond motifs is 13. The number of hydrogen-bond acceptors (Lipinski definition) is 5. The molecule has 0 atom stereocenters. The molecule has 0 amide bonds. The minimum Gasteiger partial charge on any atom is -0.264 e. The first-order valence-corrected chi connectivity index (χ1v) is 22.4. The molecule has 0 saturated carbocycles. The van der Waals surface area contributed by atoms with E-state index in [0.29, 0.717) is 23.0 Å². The molecule has 0 bridgehead atoms. The number of pyridine rings is 1. The fraction of sp³-hybridized carbons (Fsp3) is 0.0656. The van der Waals surface area contributed by atoms with Crippen molar-refractivity contribution in [2.75, 3.05) is 0 Å². The first-order chi connectivity index (χ1) is 32.4. The summed E-state index contributed by atoms with van der Waals surface area (Å²) in [5.41, 5.74) is 21.4. The molecule has 3 aliphatic rings. The second-order valence-electron chi connectivity index (χ2n) is 18.1. The van der Waals surface area contributed by atoms with Gasteiger partial charge in [-0.05, 0) is 132 Å². The first kappa shape index (κ1) is 37.9. The van der Waals surface area contributed by atoms with Crippen molar-refractivity contribution >= 4 is 0 Å². The minimum atomic E-state index is -0.607. The summed E-state index contributed by atoms with van der Waals surface area (Å²) in [7, 11) is 0. The molecule has 0 aliphatic heterocycles. The summed E-state index contributed by atoms with van der Waals surface area (Å²) in [6, 6.07) is 69.3. The SMILES string of the molecule is CC1(C)c2ccccc2-c2ccc(-c3nc(-c4ccccc4)nc(-c4cc(-c5cccnc5)cc(-c5ccc6c(c5)C5(c7ccccc7-c7ccccc75)c5cc(C#N)ccc5-6)c4)n3)cc21. The standard InChI is InChI=1S/C61H39N5/c1-60(2)51-19-9-6-16-45(51)48-27-24-40(34-54(48)60)58-64-57(38-13-4-3-5-14-38)65-59(66-58)44-31-42(30-43(32-44)41-15-12-28-63-36-41)39-23-26-50-49-25-22-37(35-62)29-55(49)61(56(50)33-39)52-20-10-7-17-46(52)47-18-8-11-21-53(47)61/h3-34,36H,1-2H3. The molecular formula is C61H39N5. The summed E-state index contributed by atoms with van der Waals surface area (Å²) in [6.45, 7) is 4.60. The van der Waals surface area contributed by atoms with E-state index in [1.807, 2.05) is 42.7 Å². The van der Waals surface area contributed by atoms with E-state index in [4.69, 9.17) is 15.0 Å². The monoisotopic (exact) mass is 841 g/mol. The van der Waals surface area contributed by atoms with Crippen LogP contribution in [0.1, 0.15) is 52.8 Å². The topological polar surface area (TPSA) is 75.3 Å². The number of hydrogen-bond donors (Lipinski definition) is 0. The van der Waals surface area contributed by atoms with E-state index in [2.05, 4.69) is 183 Å². The Morgan fingerprint density at radius 3 is 1.52 bits per heavy atom. The van der Waals surface area contributed by atoms with Crippen LogP contribution < -0.4 is 0 Å².